The zero-order chi connectivity index (χ0) is 18.8. The molecule has 3 rings (SSSR count). The highest BCUT2D eigenvalue weighted by molar-refractivity contribution is 7.91. The first-order valence-corrected chi connectivity index (χ1v) is 10.6. The Kier molecular flexibility index (Phi) is 5.19. The molecule has 1 aromatic carbocycles. The highest BCUT2D eigenvalue weighted by Crippen LogP contribution is 2.52. The van der Waals surface area contributed by atoms with Gasteiger partial charge in [-0.1, -0.05) is 49.1 Å². The minimum absolute atomic E-state index is 0.0811. The van der Waals surface area contributed by atoms with Crippen LogP contribution in [0.25, 0.3) is 0 Å². The maximum atomic E-state index is 12.7. The summed E-state index contributed by atoms with van der Waals surface area (Å²) < 4.78 is 27.9. The van der Waals surface area contributed by atoms with E-state index in [4.69, 9.17) is 0 Å². The van der Waals surface area contributed by atoms with Crippen LogP contribution < -0.4 is 4.72 Å². The number of nitrogens with one attached hydrogen (secondary N) is 1. The molecule has 2 aromatic rings. The Bertz CT molecular complexity index is 970. The van der Waals surface area contributed by atoms with E-state index in [1.54, 1.807) is 6.07 Å². The van der Waals surface area contributed by atoms with Crippen LogP contribution in [-0.4, -0.2) is 25.0 Å². The number of rotatable bonds is 6. The molecule has 0 unspecified atom stereocenters. The molecule has 2 atom stereocenters. The average molecular weight is 389 g/mol. The second-order valence-corrected chi connectivity index (χ2v) is 9.21. The van der Waals surface area contributed by atoms with E-state index in [1.165, 1.54) is 6.07 Å². The number of carbonyl (C=O) groups is 1. The lowest BCUT2D eigenvalue weighted by Gasteiger charge is -2.14. The molecule has 1 aromatic heterocycles. The summed E-state index contributed by atoms with van der Waals surface area (Å²) in [6.07, 6.45) is 1.92. The maximum absolute atomic E-state index is 12.7. The van der Waals surface area contributed by atoms with Gasteiger partial charge in [-0.15, -0.1) is 11.3 Å². The van der Waals surface area contributed by atoms with Gasteiger partial charge in [0.2, 0.25) is 0 Å². The Morgan fingerprint density at radius 3 is 2.69 bits per heavy atom. The Morgan fingerprint density at radius 1 is 1.31 bits per heavy atom. The van der Waals surface area contributed by atoms with E-state index in [0.717, 1.165) is 29.7 Å². The minimum Gasteiger partial charge on any atom is -0.480 e. The predicted octanol–water partition coefficient (Wildman–Crippen LogP) is 3.19. The normalized spacial score (nSPS) is 21.7. The van der Waals surface area contributed by atoms with Crippen LogP contribution in [0.3, 0.4) is 0 Å². The standard InChI is InChI=1S/C19H19NO4S2/c1-2-3-5-10-15-11-12-17(25-15)26(23,24)20-19(18(21)22)13-16(19)14-8-6-4-7-9-14/h4,6-9,11-12,16,20H,2-3,13H2,1H3,(H,21,22)/t16-,19-/m0/s1. The van der Waals surface area contributed by atoms with Crippen LogP contribution in [0.5, 0.6) is 0 Å². The Morgan fingerprint density at radius 2 is 2.04 bits per heavy atom. The van der Waals surface area contributed by atoms with E-state index in [2.05, 4.69) is 16.6 Å². The SMILES string of the molecule is CCCC#Cc1ccc(S(=O)(=O)N[C@@]2(C(=O)O)C[C@H]2c2ccccc2)s1. The third kappa shape index (κ3) is 3.68. The van der Waals surface area contributed by atoms with E-state index in [-0.39, 0.29) is 16.5 Å². The quantitative estimate of drug-likeness (QED) is 0.743. The monoisotopic (exact) mass is 389 g/mol. The minimum atomic E-state index is -3.93. The molecule has 0 saturated heterocycles. The molecule has 1 aliphatic rings. The topological polar surface area (TPSA) is 83.5 Å². The number of unbranched alkanes of at least 4 members (excludes halogenated alkanes) is 1. The second kappa shape index (κ2) is 7.23. The molecule has 5 nitrogen and oxygen atoms in total. The summed E-state index contributed by atoms with van der Waals surface area (Å²) in [6, 6.07) is 12.2. The first kappa shape index (κ1) is 18.6. The summed E-state index contributed by atoms with van der Waals surface area (Å²) in [7, 11) is -3.93. The molecule has 7 heteroatoms. The molecular formula is C19H19NO4S2. The van der Waals surface area contributed by atoms with Gasteiger partial charge in [-0.3, -0.25) is 4.79 Å². The Hall–Kier alpha value is -2.14. The van der Waals surface area contributed by atoms with Gasteiger partial charge in [0.25, 0.3) is 10.0 Å². The zero-order valence-electron chi connectivity index (χ0n) is 14.2. The fourth-order valence-electron chi connectivity index (χ4n) is 2.84. The molecule has 0 amide bonds. The molecule has 0 radical (unpaired) electrons. The van der Waals surface area contributed by atoms with E-state index in [9.17, 15) is 18.3 Å². The van der Waals surface area contributed by atoms with Crippen LogP contribution in [0.1, 0.15) is 42.5 Å². The molecule has 1 fully saturated rings. The van der Waals surface area contributed by atoms with Gasteiger partial charge in [0.15, 0.2) is 0 Å². The maximum Gasteiger partial charge on any atom is 0.325 e. The van der Waals surface area contributed by atoms with E-state index >= 15 is 0 Å². The molecule has 26 heavy (non-hydrogen) atoms. The smallest absolute Gasteiger partial charge is 0.325 e. The summed E-state index contributed by atoms with van der Waals surface area (Å²) in [4.78, 5) is 12.5. The number of hydrogen-bond acceptors (Lipinski definition) is 4. The molecule has 0 bridgehead atoms. The van der Waals surface area contributed by atoms with Gasteiger partial charge in [-0.05, 0) is 30.5 Å². The fraction of sp³-hybridized carbons (Fsp3) is 0.316. The summed E-state index contributed by atoms with van der Waals surface area (Å²) in [5.41, 5.74) is -0.673. The second-order valence-electron chi connectivity index (χ2n) is 6.22. The largest absolute Gasteiger partial charge is 0.480 e. The lowest BCUT2D eigenvalue weighted by molar-refractivity contribution is -0.140. The van der Waals surface area contributed by atoms with Gasteiger partial charge in [-0.25, -0.2) is 8.42 Å². The molecule has 1 aliphatic carbocycles. The van der Waals surface area contributed by atoms with Crippen LogP contribution >= 0.6 is 11.3 Å². The van der Waals surface area contributed by atoms with E-state index < -0.39 is 21.5 Å². The number of benzene rings is 1. The first-order valence-electron chi connectivity index (χ1n) is 8.30. The lowest BCUT2D eigenvalue weighted by Crippen LogP contribution is -2.44. The molecule has 0 spiro atoms. The Labute approximate surface area is 157 Å². The number of hydrogen-bond donors (Lipinski definition) is 2. The van der Waals surface area contributed by atoms with Crippen LogP contribution in [0, 0.1) is 11.8 Å². The van der Waals surface area contributed by atoms with Gasteiger partial charge < -0.3 is 5.11 Å². The van der Waals surface area contributed by atoms with Gasteiger partial charge in [0, 0.05) is 12.3 Å². The molecule has 1 saturated carbocycles. The van der Waals surface area contributed by atoms with Crippen molar-refractivity contribution >= 4 is 27.3 Å². The van der Waals surface area contributed by atoms with Crippen molar-refractivity contribution in [2.24, 2.45) is 0 Å². The number of aliphatic carboxylic acids is 1. The number of carboxylic acid groups (broad SMARTS) is 1. The van der Waals surface area contributed by atoms with Gasteiger partial charge in [0.1, 0.15) is 9.75 Å². The first-order chi connectivity index (χ1) is 12.4. The van der Waals surface area contributed by atoms with Crippen molar-refractivity contribution in [1.82, 2.24) is 4.72 Å². The molecule has 2 N–H and O–H groups in total. The third-order valence-electron chi connectivity index (χ3n) is 4.29. The molecule has 136 valence electrons. The summed E-state index contributed by atoms with van der Waals surface area (Å²) in [5, 5.41) is 9.65. The summed E-state index contributed by atoms with van der Waals surface area (Å²) >= 11 is 1.05. The summed E-state index contributed by atoms with van der Waals surface area (Å²) in [5.74, 6) is 4.38. The van der Waals surface area contributed by atoms with Gasteiger partial charge in [0.05, 0.1) is 4.88 Å². The highest BCUT2D eigenvalue weighted by Gasteiger charge is 2.63. The van der Waals surface area contributed by atoms with Crippen molar-refractivity contribution in [3.63, 3.8) is 0 Å². The van der Waals surface area contributed by atoms with Crippen molar-refractivity contribution in [3.05, 3.63) is 52.9 Å². The fourth-order valence-corrected chi connectivity index (χ4v) is 5.43. The van der Waals surface area contributed by atoms with Crippen molar-refractivity contribution in [2.75, 3.05) is 0 Å². The molecule has 1 heterocycles. The summed E-state index contributed by atoms with van der Waals surface area (Å²) in [6.45, 7) is 2.02. The number of carboxylic acids is 1. The van der Waals surface area contributed by atoms with Gasteiger partial charge >= 0.3 is 5.97 Å². The van der Waals surface area contributed by atoms with Crippen LogP contribution in [0.4, 0.5) is 0 Å². The highest BCUT2D eigenvalue weighted by atomic mass is 32.2. The third-order valence-corrected chi connectivity index (χ3v) is 7.30. The van der Waals surface area contributed by atoms with Crippen molar-refractivity contribution in [1.29, 1.82) is 0 Å². The van der Waals surface area contributed by atoms with Crippen LogP contribution in [0.2, 0.25) is 0 Å². The predicted molar refractivity (Wildman–Crippen MR) is 101 cm³/mol. The number of thiophene rings is 1. The van der Waals surface area contributed by atoms with Crippen LogP contribution in [0.15, 0.2) is 46.7 Å². The van der Waals surface area contributed by atoms with Crippen molar-refractivity contribution < 1.29 is 18.3 Å². The molecular weight excluding hydrogens is 370 g/mol. The van der Waals surface area contributed by atoms with E-state index in [1.807, 2.05) is 37.3 Å². The van der Waals surface area contributed by atoms with Crippen molar-refractivity contribution in [3.8, 4) is 11.8 Å². The Balaban J connectivity index is 1.82. The number of sulfonamides is 1. The van der Waals surface area contributed by atoms with E-state index in [0.29, 0.717) is 4.88 Å². The van der Waals surface area contributed by atoms with Crippen molar-refractivity contribution in [2.45, 2.75) is 41.9 Å². The lowest BCUT2D eigenvalue weighted by atomic mass is 10.1. The van der Waals surface area contributed by atoms with Gasteiger partial charge in [-0.2, -0.15) is 4.72 Å². The van der Waals surface area contributed by atoms with Crippen LogP contribution in [-0.2, 0) is 14.8 Å². The molecule has 0 aliphatic heterocycles. The zero-order valence-corrected chi connectivity index (χ0v) is 15.9. The average Bonchev–Trinajstić information content (AvgIpc) is 3.12.